The summed E-state index contributed by atoms with van der Waals surface area (Å²) in [7, 11) is 0. The third kappa shape index (κ3) is 16.8. The normalized spacial score (nSPS) is 10.8. The maximum atomic E-state index is 11.3. The molecule has 0 spiro atoms. The average molecular weight is 321 g/mol. The third-order valence-corrected chi connectivity index (χ3v) is 2.67. The van der Waals surface area contributed by atoms with E-state index in [1.165, 1.54) is 0 Å². The summed E-state index contributed by atoms with van der Waals surface area (Å²) in [6.07, 6.45) is 4.89. The Hall–Kier alpha value is 0.570. The Kier molecular flexibility index (Phi) is 21.3. The minimum atomic E-state index is -1.06. The molecule has 114 valence electrons. The van der Waals surface area contributed by atoms with E-state index in [1.54, 1.807) is 0 Å². The van der Waals surface area contributed by atoms with E-state index in [1.807, 2.05) is 0 Å². The van der Waals surface area contributed by atoms with Gasteiger partial charge >= 0.3 is 77.0 Å². The van der Waals surface area contributed by atoms with E-state index in [9.17, 15) is 14.4 Å². The van der Waals surface area contributed by atoms with Crippen LogP contribution in [0.5, 0.6) is 0 Å². The molecule has 0 aliphatic heterocycles. The van der Waals surface area contributed by atoms with Gasteiger partial charge in [0.1, 0.15) is 6.04 Å². The van der Waals surface area contributed by atoms with E-state index in [4.69, 9.17) is 10.8 Å². The van der Waals surface area contributed by atoms with Gasteiger partial charge in [0.15, 0.2) is 0 Å². The van der Waals surface area contributed by atoms with Crippen molar-refractivity contribution in [1.29, 1.82) is 0 Å². The standard InChI is InChI=1S/C13H23NO5.2Na.2H/c1-2-3-4-5-6-7-12(17)19-13(18)10(14)8-9-11(15)16;;;;/h10H,2-9,14H2,1H3,(H,15,16);;;;/q;2*+1;2*-1. The Balaban J connectivity index is -0.000000270. The first-order valence-corrected chi connectivity index (χ1v) is 6.69. The number of hydrogen-bond acceptors (Lipinski definition) is 5. The monoisotopic (exact) mass is 321 g/mol. The molecule has 0 bridgehead atoms. The van der Waals surface area contributed by atoms with Gasteiger partial charge < -0.3 is 18.4 Å². The molecule has 0 aromatic carbocycles. The van der Waals surface area contributed by atoms with Crippen molar-refractivity contribution in [2.75, 3.05) is 0 Å². The van der Waals surface area contributed by atoms with Gasteiger partial charge in [-0.1, -0.05) is 32.6 Å². The first-order valence-electron chi connectivity index (χ1n) is 6.69. The number of nitrogens with two attached hydrogens (primary N) is 1. The fraction of sp³-hybridized carbons (Fsp3) is 0.769. The number of aliphatic carboxylic acids is 1. The minimum absolute atomic E-state index is 0. The van der Waals surface area contributed by atoms with Crippen LogP contribution in [0.3, 0.4) is 0 Å². The van der Waals surface area contributed by atoms with Gasteiger partial charge in [-0.05, 0) is 12.8 Å². The predicted octanol–water partition coefficient (Wildman–Crippen LogP) is -4.16. The Bertz CT molecular complexity index is 323. The molecule has 0 rings (SSSR count). The zero-order chi connectivity index (χ0) is 14.7. The summed E-state index contributed by atoms with van der Waals surface area (Å²) in [5.74, 6) is -2.47. The zero-order valence-corrected chi connectivity index (χ0v) is 17.4. The van der Waals surface area contributed by atoms with Gasteiger partial charge in [-0.2, -0.15) is 0 Å². The number of ether oxygens (including phenoxy) is 1. The number of hydrogen-bond donors (Lipinski definition) is 2. The fourth-order valence-electron chi connectivity index (χ4n) is 1.51. The van der Waals surface area contributed by atoms with E-state index in [0.717, 1.165) is 25.7 Å². The number of esters is 2. The van der Waals surface area contributed by atoms with Crippen molar-refractivity contribution in [3.05, 3.63) is 0 Å². The molecule has 0 aliphatic rings. The molecule has 0 aromatic heterocycles. The average Bonchev–Trinajstić information content (AvgIpc) is 2.35. The van der Waals surface area contributed by atoms with Gasteiger partial charge in [0.05, 0.1) is 0 Å². The predicted molar refractivity (Wildman–Crippen MR) is 71.5 cm³/mol. The van der Waals surface area contributed by atoms with Crippen LogP contribution in [0, 0.1) is 0 Å². The van der Waals surface area contributed by atoms with E-state index < -0.39 is 23.9 Å². The van der Waals surface area contributed by atoms with Crippen molar-refractivity contribution in [3.63, 3.8) is 0 Å². The molecule has 8 heteroatoms. The Labute approximate surface area is 173 Å². The summed E-state index contributed by atoms with van der Waals surface area (Å²) in [5.41, 5.74) is 5.42. The van der Waals surface area contributed by atoms with Gasteiger partial charge in [-0.3, -0.25) is 9.59 Å². The molecule has 0 aliphatic carbocycles. The van der Waals surface area contributed by atoms with E-state index in [2.05, 4.69) is 11.7 Å². The van der Waals surface area contributed by atoms with Crippen LogP contribution in [0.2, 0.25) is 0 Å². The molecular formula is C13H25NNa2O5. The second-order valence-electron chi connectivity index (χ2n) is 4.50. The molecule has 1 unspecified atom stereocenters. The number of rotatable bonds is 10. The summed E-state index contributed by atoms with van der Waals surface area (Å²) in [5, 5.41) is 8.44. The zero-order valence-electron chi connectivity index (χ0n) is 15.4. The van der Waals surface area contributed by atoms with Crippen LogP contribution in [-0.4, -0.2) is 29.1 Å². The smallest absolute Gasteiger partial charge is 1.00 e. The van der Waals surface area contributed by atoms with E-state index in [0.29, 0.717) is 6.42 Å². The first kappa shape index (κ1) is 26.5. The largest absolute Gasteiger partial charge is 1.00 e. The maximum absolute atomic E-state index is 11.3. The summed E-state index contributed by atoms with van der Waals surface area (Å²) < 4.78 is 4.56. The fourth-order valence-corrected chi connectivity index (χ4v) is 1.51. The molecular weight excluding hydrogens is 296 g/mol. The van der Waals surface area contributed by atoms with Crippen molar-refractivity contribution < 1.29 is 86.2 Å². The quantitative estimate of drug-likeness (QED) is 0.183. The van der Waals surface area contributed by atoms with Gasteiger partial charge in [0.2, 0.25) is 0 Å². The summed E-state index contributed by atoms with van der Waals surface area (Å²) in [4.78, 5) is 33.0. The molecule has 21 heavy (non-hydrogen) atoms. The summed E-state index contributed by atoms with van der Waals surface area (Å²) in [6, 6.07) is -1.06. The Morgan fingerprint density at radius 2 is 1.67 bits per heavy atom. The van der Waals surface area contributed by atoms with Crippen molar-refractivity contribution in [2.45, 2.75) is 64.3 Å². The SMILES string of the molecule is CCCCCCCC(=O)OC(=O)C(N)CCC(=O)O.[H-].[H-].[Na+].[Na+]. The molecule has 0 fully saturated rings. The first-order chi connectivity index (χ1) is 8.97. The van der Waals surface area contributed by atoms with Crippen LogP contribution >= 0.6 is 0 Å². The molecule has 0 radical (unpaired) electrons. The maximum Gasteiger partial charge on any atom is 1.00 e. The van der Waals surface area contributed by atoms with Gasteiger partial charge in [-0.15, -0.1) is 0 Å². The van der Waals surface area contributed by atoms with Crippen molar-refractivity contribution in [2.24, 2.45) is 5.73 Å². The molecule has 0 saturated carbocycles. The minimum Gasteiger partial charge on any atom is -1.00 e. The van der Waals surface area contributed by atoms with E-state index >= 15 is 0 Å². The molecule has 0 heterocycles. The number of carboxylic acids is 1. The number of unbranched alkanes of at least 4 members (excludes halogenated alkanes) is 4. The third-order valence-electron chi connectivity index (χ3n) is 2.67. The van der Waals surface area contributed by atoms with Crippen molar-refractivity contribution in [1.82, 2.24) is 0 Å². The van der Waals surface area contributed by atoms with E-state index in [-0.39, 0.29) is 81.2 Å². The number of carboxylic acid groups (broad SMARTS) is 1. The van der Waals surface area contributed by atoms with Crippen molar-refractivity contribution >= 4 is 17.9 Å². The molecule has 0 aromatic rings. The Morgan fingerprint density at radius 1 is 1.10 bits per heavy atom. The van der Waals surface area contributed by atoms with Crippen LogP contribution in [0.15, 0.2) is 0 Å². The Morgan fingerprint density at radius 3 is 2.19 bits per heavy atom. The second-order valence-corrected chi connectivity index (χ2v) is 4.50. The van der Waals surface area contributed by atoms with Gasteiger partial charge in [-0.25, -0.2) is 4.79 Å². The molecule has 0 amide bonds. The van der Waals surface area contributed by atoms with Crippen LogP contribution in [-0.2, 0) is 19.1 Å². The molecule has 0 saturated heterocycles. The molecule has 3 N–H and O–H groups in total. The molecule has 6 nitrogen and oxygen atoms in total. The summed E-state index contributed by atoms with van der Waals surface area (Å²) >= 11 is 0. The summed E-state index contributed by atoms with van der Waals surface area (Å²) in [6.45, 7) is 2.10. The van der Waals surface area contributed by atoms with Crippen LogP contribution < -0.4 is 64.8 Å². The van der Waals surface area contributed by atoms with Crippen LogP contribution in [0.1, 0.15) is 61.1 Å². The van der Waals surface area contributed by atoms with Crippen molar-refractivity contribution in [3.8, 4) is 0 Å². The van der Waals surface area contributed by atoms with Crippen LogP contribution in [0.4, 0.5) is 0 Å². The van der Waals surface area contributed by atoms with Gasteiger partial charge in [0, 0.05) is 12.8 Å². The topological polar surface area (TPSA) is 107 Å². The number of carbonyl (C=O) groups excluding carboxylic acids is 2. The second kappa shape index (κ2) is 16.9. The van der Waals surface area contributed by atoms with Gasteiger partial charge in [0.25, 0.3) is 0 Å². The molecule has 1 atom stereocenters. The van der Waals surface area contributed by atoms with Crippen LogP contribution in [0.25, 0.3) is 0 Å². The number of carbonyl (C=O) groups is 3.